The van der Waals surface area contributed by atoms with Crippen LogP contribution in [-0.4, -0.2) is 17.4 Å². The minimum atomic E-state index is -0.377. The zero-order valence-electron chi connectivity index (χ0n) is 10.7. The third kappa shape index (κ3) is 2.24. The number of hydrogen-bond acceptors (Lipinski definition) is 4. The molecule has 1 fully saturated rings. The monoisotopic (exact) mass is 275 g/mol. The molecule has 0 aliphatic heterocycles. The van der Waals surface area contributed by atoms with E-state index in [1.165, 1.54) is 11.3 Å². The summed E-state index contributed by atoms with van der Waals surface area (Å²) in [6.07, 6.45) is 3.95. The Bertz CT molecular complexity index is 569. The Morgan fingerprint density at radius 3 is 2.79 bits per heavy atom. The molecule has 5 heteroatoms. The Morgan fingerprint density at radius 2 is 2.11 bits per heavy atom. The molecule has 3 N–H and O–H groups in total. The largest absolute Gasteiger partial charge is 0.329 e. The molecule has 0 spiro atoms. The highest BCUT2D eigenvalue weighted by Crippen LogP contribution is 2.38. The van der Waals surface area contributed by atoms with Crippen LogP contribution in [0.1, 0.15) is 25.7 Å². The number of anilines is 1. The second-order valence-electron chi connectivity index (χ2n) is 5.13. The maximum Gasteiger partial charge on any atom is 0.233 e. The van der Waals surface area contributed by atoms with Crippen LogP contribution in [0.3, 0.4) is 0 Å². The van der Waals surface area contributed by atoms with E-state index in [-0.39, 0.29) is 11.3 Å². The number of nitrogens with two attached hydrogens (primary N) is 1. The molecule has 3 rings (SSSR count). The van der Waals surface area contributed by atoms with Crippen molar-refractivity contribution in [2.24, 2.45) is 11.1 Å². The van der Waals surface area contributed by atoms with E-state index in [1.54, 1.807) is 0 Å². The highest BCUT2D eigenvalue weighted by Gasteiger charge is 2.40. The molecular formula is C14H17N3OS. The van der Waals surface area contributed by atoms with E-state index in [0.717, 1.165) is 35.9 Å². The lowest BCUT2D eigenvalue weighted by atomic mass is 9.85. The quantitative estimate of drug-likeness (QED) is 0.905. The highest BCUT2D eigenvalue weighted by molar-refractivity contribution is 7.22. The molecule has 1 aromatic heterocycles. The second kappa shape index (κ2) is 4.90. The molecule has 1 aromatic carbocycles. The van der Waals surface area contributed by atoms with E-state index in [4.69, 9.17) is 5.73 Å². The second-order valence-corrected chi connectivity index (χ2v) is 6.16. The van der Waals surface area contributed by atoms with Gasteiger partial charge in [0.05, 0.1) is 15.6 Å². The Morgan fingerprint density at radius 1 is 1.37 bits per heavy atom. The Hall–Kier alpha value is -1.46. The summed E-state index contributed by atoms with van der Waals surface area (Å²) in [5.74, 6) is 0.0338. The predicted octanol–water partition coefficient (Wildman–Crippen LogP) is 2.75. The van der Waals surface area contributed by atoms with Crippen LogP contribution < -0.4 is 11.1 Å². The SMILES string of the molecule is NCC1(C(=O)Nc2nc3ccccc3s2)CCCC1. The molecule has 0 saturated heterocycles. The van der Waals surface area contributed by atoms with E-state index < -0.39 is 0 Å². The molecule has 1 aliphatic carbocycles. The molecule has 0 unspecified atom stereocenters. The summed E-state index contributed by atoms with van der Waals surface area (Å²) in [6, 6.07) is 7.89. The van der Waals surface area contributed by atoms with Crippen molar-refractivity contribution in [2.75, 3.05) is 11.9 Å². The molecule has 1 saturated carbocycles. The number of rotatable bonds is 3. The van der Waals surface area contributed by atoms with Gasteiger partial charge in [0.2, 0.25) is 5.91 Å². The van der Waals surface area contributed by atoms with Gasteiger partial charge in [-0.25, -0.2) is 4.98 Å². The predicted molar refractivity (Wildman–Crippen MR) is 78.2 cm³/mol. The summed E-state index contributed by atoms with van der Waals surface area (Å²) in [6.45, 7) is 0.420. The summed E-state index contributed by atoms with van der Waals surface area (Å²) in [5, 5.41) is 3.63. The van der Waals surface area contributed by atoms with E-state index in [9.17, 15) is 4.79 Å². The number of benzene rings is 1. The van der Waals surface area contributed by atoms with Gasteiger partial charge in [0.25, 0.3) is 0 Å². The van der Waals surface area contributed by atoms with Crippen molar-refractivity contribution in [1.82, 2.24) is 4.98 Å². The molecule has 1 aliphatic rings. The first-order valence-electron chi connectivity index (χ1n) is 6.61. The van der Waals surface area contributed by atoms with Crippen molar-refractivity contribution >= 4 is 32.6 Å². The molecule has 100 valence electrons. The number of hydrogen-bond donors (Lipinski definition) is 2. The van der Waals surface area contributed by atoms with Crippen molar-refractivity contribution in [2.45, 2.75) is 25.7 Å². The van der Waals surface area contributed by atoms with Gasteiger partial charge in [0, 0.05) is 6.54 Å². The van der Waals surface area contributed by atoms with E-state index in [0.29, 0.717) is 11.7 Å². The summed E-state index contributed by atoms with van der Waals surface area (Å²) in [5.41, 5.74) is 6.37. The average molecular weight is 275 g/mol. The van der Waals surface area contributed by atoms with Crippen LogP contribution in [0, 0.1) is 5.41 Å². The van der Waals surface area contributed by atoms with Crippen molar-refractivity contribution in [3.63, 3.8) is 0 Å². The molecule has 1 heterocycles. The van der Waals surface area contributed by atoms with Crippen LogP contribution >= 0.6 is 11.3 Å². The van der Waals surface area contributed by atoms with Crippen LogP contribution in [0.15, 0.2) is 24.3 Å². The number of nitrogens with one attached hydrogen (secondary N) is 1. The smallest absolute Gasteiger partial charge is 0.233 e. The van der Waals surface area contributed by atoms with Gasteiger partial charge in [-0.2, -0.15) is 0 Å². The minimum absolute atomic E-state index is 0.0338. The zero-order chi connectivity index (χ0) is 13.3. The van der Waals surface area contributed by atoms with E-state index in [2.05, 4.69) is 10.3 Å². The molecule has 0 atom stereocenters. The summed E-state index contributed by atoms with van der Waals surface area (Å²) < 4.78 is 1.09. The Labute approximate surface area is 116 Å². The minimum Gasteiger partial charge on any atom is -0.329 e. The first-order chi connectivity index (χ1) is 9.23. The fraction of sp³-hybridized carbons (Fsp3) is 0.429. The summed E-state index contributed by atoms with van der Waals surface area (Å²) in [7, 11) is 0. The maximum absolute atomic E-state index is 12.4. The van der Waals surface area contributed by atoms with Gasteiger partial charge in [0.1, 0.15) is 0 Å². The van der Waals surface area contributed by atoms with Crippen molar-refractivity contribution in [1.29, 1.82) is 0 Å². The van der Waals surface area contributed by atoms with Gasteiger partial charge in [0.15, 0.2) is 5.13 Å². The summed E-state index contributed by atoms with van der Waals surface area (Å²) >= 11 is 1.51. The van der Waals surface area contributed by atoms with Gasteiger partial charge in [-0.15, -0.1) is 0 Å². The lowest BCUT2D eigenvalue weighted by molar-refractivity contribution is -0.124. The number of amides is 1. The Kier molecular flexibility index (Phi) is 3.24. The normalized spacial score (nSPS) is 17.7. The van der Waals surface area contributed by atoms with Gasteiger partial charge < -0.3 is 11.1 Å². The third-order valence-corrected chi connectivity index (χ3v) is 4.90. The van der Waals surface area contributed by atoms with Gasteiger partial charge in [-0.3, -0.25) is 4.79 Å². The third-order valence-electron chi connectivity index (χ3n) is 3.95. The maximum atomic E-state index is 12.4. The molecule has 0 bridgehead atoms. The average Bonchev–Trinajstić information content (AvgIpc) is 3.05. The van der Waals surface area contributed by atoms with Gasteiger partial charge >= 0.3 is 0 Å². The number of nitrogens with zero attached hydrogens (tertiary/aromatic N) is 1. The number of thiazole rings is 1. The number of para-hydroxylation sites is 1. The van der Waals surface area contributed by atoms with Crippen molar-refractivity contribution < 1.29 is 4.79 Å². The van der Waals surface area contributed by atoms with Crippen LogP contribution in [0.5, 0.6) is 0 Å². The topological polar surface area (TPSA) is 68.0 Å². The number of carbonyl (C=O) groups is 1. The van der Waals surface area contributed by atoms with Crippen LogP contribution in [0.2, 0.25) is 0 Å². The molecule has 0 radical (unpaired) electrons. The molecule has 2 aromatic rings. The molecule has 1 amide bonds. The van der Waals surface area contributed by atoms with Crippen LogP contribution in [0.25, 0.3) is 10.2 Å². The first-order valence-corrected chi connectivity index (χ1v) is 7.42. The van der Waals surface area contributed by atoms with Crippen LogP contribution in [-0.2, 0) is 4.79 Å². The zero-order valence-corrected chi connectivity index (χ0v) is 11.5. The van der Waals surface area contributed by atoms with Gasteiger partial charge in [-0.1, -0.05) is 36.3 Å². The lowest BCUT2D eigenvalue weighted by Gasteiger charge is -2.24. The van der Waals surface area contributed by atoms with Crippen molar-refractivity contribution in [3.05, 3.63) is 24.3 Å². The van der Waals surface area contributed by atoms with E-state index >= 15 is 0 Å². The van der Waals surface area contributed by atoms with Crippen LogP contribution in [0.4, 0.5) is 5.13 Å². The standard InChI is InChI=1S/C14H17N3OS/c15-9-14(7-3-4-8-14)12(18)17-13-16-10-5-1-2-6-11(10)19-13/h1-2,5-6H,3-4,7-9,15H2,(H,16,17,18). The van der Waals surface area contributed by atoms with Gasteiger partial charge in [-0.05, 0) is 25.0 Å². The number of aromatic nitrogens is 1. The highest BCUT2D eigenvalue weighted by atomic mass is 32.1. The molecular weight excluding hydrogens is 258 g/mol. The lowest BCUT2D eigenvalue weighted by Crippen LogP contribution is -2.40. The fourth-order valence-electron chi connectivity index (χ4n) is 2.73. The number of fused-ring (bicyclic) bond motifs is 1. The molecule has 4 nitrogen and oxygen atoms in total. The molecule has 19 heavy (non-hydrogen) atoms. The first kappa shape index (κ1) is 12.6. The number of carbonyl (C=O) groups excluding carboxylic acids is 1. The fourth-order valence-corrected chi connectivity index (χ4v) is 3.59. The van der Waals surface area contributed by atoms with E-state index in [1.807, 2.05) is 24.3 Å². The Balaban J connectivity index is 1.82. The van der Waals surface area contributed by atoms with Crippen molar-refractivity contribution in [3.8, 4) is 0 Å². The summed E-state index contributed by atoms with van der Waals surface area (Å²) in [4.78, 5) is 16.9.